The Balaban J connectivity index is 0.000000325. The van der Waals surface area contributed by atoms with Crippen molar-refractivity contribution in [2.45, 2.75) is 6.04 Å². The van der Waals surface area contributed by atoms with Gasteiger partial charge in [-0.3, -0.25) is 9.89 Å². The summed E-state index contributed by atoms with van der Waals surface area (Å²) in [5, 5.41) is 0.664. The normalized spacial score (nSPS) is 22.4. The fraction of sp³-hybridized carbons (Fsp3) is 0.0286. The molecule has 0 bridgehead atoms. The third kappa shape index (κ3) is 9.70. The molecule has 7 rings (SSSR count). The van der Waals surface area contributed by atoms with Crippen molar-refractivity contribution in [1.29, 1.82) is 0 Å². The monoisotopic (exact) mass is 637 g/mol. The Kier molecular flexibility index (Phi) is 15.6. The molecule has 20 radical (unpaired) electrons. The summed E-state index contributed by atoms with van der Waals surface area (Å²) in [7, 11) is 0. The van der Waals surface area contributed by atoms with E-state index >= 15 is 0 Å². The van der Waals surface area contributed by atoms with Crippen LogP contribution in [0.5, 0.6) is 0 Å². The van der Waals surface area contributed by atoms with Crippen molar-refractivity contribution in [3.05, 3.63) is 198 Å². The SMILES string of the molecule is Clc1ccccc1C1=NC([C]2[CH][CH][CH][CH]2)C=C([C]2[CH][CH][CH][CH]2)N1c1ccccn1.[CH]1[CH][CH][CH][CH]1.[CH]1[CH][CH][CH][CH]1.[Fe+2].[Fe+2]. The van der Waals surface area contributed by atoms with Crippen LogP contribution in [0.4, 0.5) is 5.82 Å². The maximum Gasteiger partial charge on any atom is 2.00 e. The van der Waals surface area contributed by atoms with Crippen LogP contribution in [0.2, 0.25) is 5.02 Å². The third-order valence-corrected chi connectivity index (χ3v) is 6.45. The zero-order valence-corrected chi connectivity index (χ0v) is 25.1. The summed E-state index contributed by atoms with van der Waals surface area (Å²) in [5.41, 5.74) is 1.93. The summed E-state index contributed by atoms with van der Waals surface area (Å²) >= 11 is 6.61. The van der Waals surface area contributed by atoms with Gasteiger partial charge in [0.15, 0.2) is 0 Å². The van der Waals surface area contributed by atoms with Crippen molar-refractivity contribution in [3.63, 3.8) is 0 Å². The Bertz CT molecular complexity index is 1040. The van der Waals surface area contributed by atoms with Gasteiger partial charge >= 0.3 is 34.1 Å². The molecule has 1 aromatic carbocycles. The smallest absolute Gasteiger partial charge is 0.282 e. The molecule has 5 aliphatic rings. The molecule has 0 N–H and O–H groups in total. The van der Waals surface area contributed by atoms with Crippen molar-refractivity contribution in [2.24, 2.45) is 4.99 Å². The Hall–Kier alpha value is -1.09. The maximum atomic E-state index is 6.61. The zero-order valence-electron chi connectivity index (χ0n) is 22.1. The number of pyridine rings is 1. The first kappa shape index (κ1) is 34.4. The zero-order chi connectivity index (χ0) is 26.7. The van der Waals surface area contributed by atoms with Crippen LogP contribution in [0.3, 0.4) is 0 Å². The quantitative estimate of drug-likeness (QED) is 0.335. The van der Waals surface area contributed by atoms with Crippen LogP contribution in [0.15, 0.2) is 65.4 Å². The predicted molar refractivity (Wildman–Crippen MR) is 160 cm³/mol. The van der Waals surface area contributed by atoms with Crippen LogP contribution in [0, 0.1) is 127 Å². The van der Waals surface area contributed by atoms with Gasteiger partial charge in [0.1, 0.15) is 11.7 Å². The molecule has 4 saturated carbocycles. The van der Waals surface area contributed by atoms with E-state index in [0.29, 0.717) is 5.02 Å². The van der Waals surface area contributed by atoms with Crippen LogP contribution in [0.1, 0.15) is 5.56 Å². The van der Waals surface area contributed by atoms with E-state index in [1.165, 1.54) is 0 Å². The third-order valence-electron chi connectivity index (χ3n) is 6.12. The van der Waals surface area contributed by atoms with E-state index in [2.05, 4.69) is 41.6 Å². The molecule has 2 heterocycles. The molecule has 4 fully saturated rings. The fourth-order valence-electron chi connectivity index (χ4n) is 4.28. The summed E-state index contributed by atoms with van der Waals surface area (Å²) in [4.78, 5) is 11.8. The Labute approximate surface area is 275 Å². The summed E-state index contributed by atoms with van der Waals surface area (Å²) in [6, 6.07) is 13.6. The Morgan fingerprint density at radius 3 is 1.68 bits per heavy atom. The molecule has 1 atom stereocenters. The number of allylic oxidation sites excluding steroid dienone is 1. The number of amidine groups is 1. The first-order chi connectivity index (χ1) is 19.3. The van der Waals surface area contributed by atoms with Gasteiger partial charge in [-0.1, -0.05) is 29.8 Å². The van der Waals surface area contributed by atoms with E-state index in [0.717, 1.165) is 34.7 Å². The first-order valence-corrected chi connectivity index (χ1v) is 13.2. The second-order valence-corrected chi connectivity index (χ2v) is 9.18. The molecule has 0 saturated heterocycles. The number of hydrogen-bond acceptors (Lipinski definition) is 3. The topological polar surface area (TPSA) is 28.5 Å². The summed E-state index contributed by atoms with van der Waals surface area (Å²) in [6.07, 6.45) is 40.6. The standard InChI is InChI=1S/C25H18ClN3.2C5H5.2Fe/c26-21-14-6-5-13-20(21)25-28-22(18-9-1-2-10-18)17-23(19-11-3-4-12-19)29(25)24-15-7-8-16-27-24;2*1-2-4-5-3-1;;/h1-17,22H;2*1-5H;;/q;;;2*+2. The molecular formula is C35H28ClFe2N3+4. The molecule has 6 heteroatoms. The minimum Gasteiger partial charge on any atom is -0.282 e. The van der Waals surface area contributed by atoms with E-state index in [1.807, 2.05) is 132 Å². The van der Waals surface area contributed by atoms with Crippen molar-refractivity contribution in [3.8, 4) is 0 Å². The molecule has 0 spiro atoms. The molecule has 0 amide bonds. The number of hydrogen-bond donors (Lipinski definition) is 0. The molecular weight excluding hydrogens is 610 g/mol. The fourth-order valence-corrected chi connectivity index (χ4v) is 4.50. The van der Waals surface area contributed by atoms with Gasteiger partial charge in [-0.25, -0.2) is 4.98 Å². The summed E-state index contributed by atoms with van der Waals surface area (Å²) in [5.74, 6) is 3.87. The molecule has 2 aromatic rings. The van der Waals surface area contributed by atoms with Gasteiger partial charge in [0.25, 0.3) is 0 Å². The number of halogens is 1. The van der Waals surface area contributed by atoms with Crippen molar-refractivity contribution < 1.29 is 34.1 Å². The first-order valence-electron chi connectivity index (χ1n) is 12.8. The van der Waals surface area contributed by atoms with Crippen LogP contribution in [0.25, 0.3) is 0 Å². The van der Waals surface area contributed by atoms with E-state index in [9.17, 15) is 0 Å². The average Bonchev–Trinajstić information content (AvgIpc) is 3.83. The number of anilines is 1. The maximum absolute atomic E-state index is 6.61. The van der Waals surface area contributed by atoms with Gasteiger partial charge in [0.05, 0.1) is 11.1 Å². The largest absolute Gasteiger partial charge is 2.00 e. The molecule has 202 valence electrons. The van der Waals surface area contributed by atoms with Crippen LogP contribution >= 0.6 is 11.6 Å². The molecule has 1 aromatic heterocycles. The van der Waals surface area contributed by atoms with Gasteiger partial charge < -0.3 is 0 Å². The predicted octanol–water partition coefficient (Wildman–Crippen LogP) is 7.10. The van der Waals surface area contributed by atoms with Crippen LogP contribution < -0.4 is 4.90 Å². The van der Waals surface area contributed by atoms with Gasteiger partial charge in [0, 0.05) is 29.3 Å². The van der Waals surface area contributed by atoms with Gasteiger partial charge in [-0.15, -0.1) is 0 Å². The van der Waals surface area contributed by atoms with Crippen molar-refractivity contribution in [2.75, 3.05) is 4.90 Å². The second kappa shape index (κ2) is 18.5. The van der Waals surface area contributed by atoms with Crippen LogP contribution in [-0.4, -0.2) is 16.9 Å². The molecule has 1 unspecified atom stereocenters. The summed E-state index contributed by atoms with van der Waals surface area (Å²) < 4.78 is 0. The van der Waals surface area contributed by atoms with Crippen molar-refractivity contribution in [1.82, 2.24) is 4.98 Å². The van der Waals surface area contributed by atoms with Crippen LogP contribution in [-0.2, 0) is 34.1 Å². The Morgan fingerprint density at radius 1 is 0.610 bits per heavy atom. The number of benzene rings is 1. The number of rotatable bonds is 4. The van der Waals surface area contributed by atoms with E-state index in [-0.39, 0.29) is 40.2 Å². The van der Waals surface area contributed by atoms with Gasteiger partial charge in [-0.2, -0.15) is 0 Å². The number of aromatic nitrogens is 1. The van der Waals surface area contributed by atoms with E-state index in [1.54, 1.807) is 6.20 Å². The average molecular weight is 638 g/mol. The number of nitrogens with zero attached hydrogens (tertiary/aromatic N) is 3. The van der Waals surface area contributed by atoms with Gasteiger partial charge in [-0.05, 0) is 146 Å². The Morgan fingerprint density at radius 2 is 1.15 bits per heavy atom. The minimum absolute atomic E-state index is 0. The van der Waals surface area contributed by atoms with Crippen molar-refractivity contribution >= 4 is 23.3 Å². The summed E-state index contributed by atoms with van der Waals surface area (Å²) in [6.45, 7) is 0. The van der Waals surface area contributed by atoms with E-state index < -0.39 is 0 Å². The van der Waals surface area contributed by atoms with E-state index in [4.69, 9.17) is 16.6 Å². The minimum atomic E-state index is -0.0962. The van der Waals surface area contributed by atoms with Gasteiger partial charge in [0.2, 0.25) is 0 Å². The molecule has 3 nitrogen and oxygen atoms in total. The molecule has 4 aliphatic carbocycles. The number of aliphatic imine (C=N–C) groups is 1. The second-order valence-electron chi connectivity index (χ2n) is 8.77. The molecule has 1 aliphatic heterocycles. The molecule has 41 heavy (non-hydrogen) atoms.